The summed E-state index contributed by atoms with van der Waals surface area (Å²) in [5.41, 5.74) is -3.01. The van der Waals surface area contributed by atoms with E-state index >= 15 is 0 Å². The van der Waals surface area contributed by atoms with Crippen molar-refractivity contribution in [2.24, 2.45) is 0 Å². The average molecular weight is 379 g/mol. The molecule has 2 heterocycles. The molecule has 143 valence electrons. The average Bonchev–Trinajstić information content (AvgIpc) is 3.02. The Hall–Kier alpha value is -3.44. The van der Waals surface area contributed by atoms with E-state index in [0.29, 0.717) is 0 Å². The third-order valence-electron chi connectivity index (χ3n) is 3.72. The van der Waals surface area contributed by atoms with Gasteiger partial charge in [0.25, 0.3) is 5.91 Å². The topological polar surface area (TPSA) is 177 Å². The van der Waals surface area contributed by atoms with Crippen LogP contribution in [0.15, 0.2) is 12.4 Å². The van der Waals surface area contributed by atoms with Crippen LogP contribution in [0.4, 0.5) is 0 Å². The molecule has 27 heavy (non-hydrogen) atoms. The van der Waals surface area contributed by atoms with Gasteiger partial charge in [0.1, 0.15) is 0 Å². The highest BCUT2D eigenvalue weighted by atomic mass is 16.4. The number of fused-ring (bicyclic) bond motifs is 1. The van der Waals surface area contributed by atoms with E-state index in [1.54, 1.807) is 0 Å². The molecule has 1 amide bonds. The number of carbonyl (C=O) groups is 4. The first-order valence-corrected chi connectivity index (χ1v) is 7.54. The third kappa shape index (κ3) is 3.73. The standard InChI is InChI=1S/C16H15N2O9/c19-3-1-17(2-4-20)13(21)8-5-10-12(16(26)27)11(15(24)25)9(14(22)23)7-18(10)6-8/h6-7,19-20H,1-4H2,(H,22,23)(H,24,25)(H,26,27). The van der Waals surface area contributed by atoms with Gasteiger partial charge >= 0.3 is 17.9 Å². The largest absolute Gasteiger partial charge is 0.478 e. The first-order valence-electron chi connectivity index (χ1n) is 7.54. The van der Waals surface area contributed by atoms with E-state index in [0.717, 1.165) is 21.7 Å². The molecule has 0 aliphatic rings. The second-order valence-electron chi connectivity index (χ2n) is 5.37. The zero-order chi connectivity index (χ0) is 20.3. The van der Waals surface area contributed by atoms with Crippen molar-refractivity contribution in [1.82, 2.24) is 9.30 Å². The summed E-state index contributed by atoms with van der Waals surface area (Å²) in [6.07, 6.45) is 1.98. The molecular formula is C16H15N2O9. The Morgan fingerprint density at radius 3 is 1.89 bits per heavy atom. The van der Waals surface area contributed by atoms with Crippen LogP contribution in [0.5, 0.6) is 0 Å². The van der Waals surface area contributed by atoms with Gasteiger partial charge in [0.05, 0.1) is 41.0 Å². The first kappa shape index (κ1) is 19.9. The van der Waals surface area contributed by atoms with Gasteiger partial charge in [-0.15, -0.1) is 0 Å². The normalized spacial score (nSPS) is 10.7. The number of amides is 1. The molecule has 11 heteroatoms. The summed E-state index contributed by atoms with van der Waals surface area (Å²) in [4.78, 5) is 47.9. The Morgan fingerprint density at radius 1 is 0.889 bits per heavy atom. The van der Waals surface area contributed by atoms with Crippen LogP contribution in [0, 0.1) is 6.07 Å². The van der Waals surface area contributed by atoms with Crippen molar-refractivity contribution in [3.05, 3.63) is 40.7 Å². The van der Waals surface area contributed by atoms with Crippen LogP contribution in [-0.4, -0.2) is 85.0 Å². The van der Waals surface area contributed by atoms with E-state index < -0.39 is 40.5 Å². The van der Waals surface area contributed by atoms with Crippen LogP contribution in [0.2, 0.25) is 0 Å². The summed E-state index contributed by atoms with van der Waals surface area (Å²) in [6.45, 7) is -0.977. The molecule has 1 radical (unpaired) electrons. The molecule has 0 aromatic carbocycles. The van der Waals surface area contributed by atoms with Crippen molar-refractivity contribution in [3.8, 4) is 0 Å². The van der Waals surface area contributed by atoms with E-state index in [1.807, 2.05) is 0 Å². The fourth-order valence-corrected chi connectivity index (χ4v) is 2.61. The Morgan fingerprint density at radius 2 is 1.44 bits per heavy atom. The second-order valence-corrected chi connectivity index (χ2v) is 5.37. The minimum atomic E-state index is -1.75. The highest BCUT2D eigenvalue weighted by Crippen LogP contribution is 2.24. The monoisotopic (exact) mass is 379 g/mol. The molecule has 0 aliphatic heterocycles. The number of pyridine rings is 1. The number of nitrogens with zero attached hydrogens (tertiary/aromatic N) is 2. The van der Waals surface area contributed by atoms with Crippen molar-refractivity contribution >= 4 is 29.3 Å². The lowest BCUT2D eigenvalue weighted by Gasteiger charge is -2.19. The SMILES string of the molecule is O=C(O)c1cn2cc(C(=O)N(CCO)CCO)[c]c2c(C(=O)O)c1C(=O)O. The van der Waals surface area contributed by atoms with E-state index in [4.69, 9.17) is 10.2 Å². The fourth-order valence-electron chi connectivity index (χ4n) is 2.61. The summed E-state index contributed by atoms with van der Waals surface area (Å²) in [7, 11) is 0. The molecule has 11 nitrogen and oxygen atoms in total. The molecule has 2 rings (SSSR count). The highest BCUT2D eigenvalue weighted by molar-refractivity contribution is 6.12. The van der Waals surface area contributed by atoms with Crippen LogP contribution in [0.3, 0.4) is 0 Å². The number of aliphatic hydroxyl groups is 2. The lowest BCUT2D eigenvalue weighted by Crippen LogP contribution is -2.35. The molecule has 0 saturated carbocycles. The number of carbonyl (C=O) groups excluding carboxylic acids is 1. The van der Waals surface area contributed by atoms with Crippen molar-refractivity contribution in [2.75, 3.05) is 26.3 Å². The van der Waals surface area contributed by atoms with Crippen LogP contribution in [0.25, 0.3) is 5.52 Å². The fraction of sp³-hybridized carbons (Fsp3) is 0.250. The zero-order valence-corrected chi connectivity index (χ0v) is 13.7. The smallest absolute Gasteiger partial charge is 0.338 e. The van der Waals surface area contributed by atoms with E-state index in [-0.39, 0.29) is 37.4 Å². The Labute approximate surface area is 151 Å². The van der Waals surface area contributed by atoms with Crippen LogP contribution < -0.4 is 0 Å². The van der Waals surface area contributed by atoms with E-state index in [2.05, 4.69) is 6.07 Å². The quantitative estimate of drug-likeness (QED) is 0.395. The predicted molar refractivity (Wildman–Crippen MR) is 87.2 cm³/mol. The van der Waals surface area contributed by atoms with Gasteiger partial charge in [0.2, 0.25) is 0 Å². The molecule has 0 spiro atoms. The maximum absolute atomic E-state index is 12.5. The molecule has 0 aliphatic carbocycles. The lowest BCUT2D eigenvalue weighted by atomic mass is 10.0. The first-order chi connectivity index (χ1) is 12.7. The van der Waals surface area contributed by atoms with Gasteiger partial charge in [-0.2, -0.15) is 0 Å². The second kappa shape index (κ2) is 7.85. The van der Waals surface area contributed by atoms with Gasteiger partial charge in [0, 0.05) is 31.5 Å². The summed E-state index contributed by atoms with van der Waals surface area (Å²) in [5, 5.41) is 45.9. The van der Waals surface area contributed by atoms with Gasteiger partial charge in [-0.05, 0) is 0 Å². The summed E-state index contributed by atoms with van der Waals surface area (Å²) < 4.78 is 0.989. The maximum atomic E-state index is 12.5. The molecule has 0 unspecified atom stereocenters. The number of aromatic carboxylic acids is 3. The van der Waals surface area contributed by atoms with Gasteiger partial charge in [-0.3, -0.25) is 4.79 Å². The molecule has 0 atom stereocenters. The molecule has 5 N–H and O–H groups in total. The number of carboxylic acid groups (broad SMARTS) is 3. The number of hydrogen-bond donors (Lipinski definition) is 5. The Balaban J connectivity index is 2.73. The van der Waals surface area contributed by atoms with Crippen molar-refractivity contribution in [1.29, 1.82) is 0 Å². The number of carboxylic acids is 3. The Bertz CT molecular complexity index is 926. The summed E-state index contributed by atoms with van der Waals surface area (Å²) in [6, 6.07) is 2.48. The number of hydrogen-bond acceptors (Lipinski definition) is 6. The summed E-state index contributed by atoms with van der Waals surface area (Å²) >= 11 is 0. The van der Waals surface area contributed by atoms with Gasteiger partial charge in [0.15, 0.2) is 0 Å². The molecular weight excluding hydrogens is 364 g/mol. The maximum Gasteiger partial charge on any atom is 0.338 e. The summed E-state index contributed by atoms with van der Waals surface area (Å²) in [5.74, 6) is -5.80. The van der Waals surface area contributed by atoms with Crippen LogP contribution in [0.1, 0.15) is 41.4 Å². The zero-order valence-electron chi connectivity index (χ0n) is 13.7. The van der Waals surface area contributed by atoms with Crippen molar-refractivity contribution in [2.45, 2.75) is 0 Å². The van der Waals surface area contributed by atoms with Gasteiger partial charge in [-0.1, -0.05) is 0 Å². The number of aromatic nitrogens is 1. The Kier molecular flexibility index (Phi) is 5.78. The molecule has 0 saturated heterocycles. The van der Waals surface area contributed by atoms with Crippen LogP contribution in [-0.2, 0) is 0 Å². The minimum absolute atomic E-state index is 0.105. The number of aliphatic hydroxyl groups excluding tert-OH is 2. The van der Waals surface area contributed by atoms with Crippen molar-refractivity contribution < 1.29 is 44.7 Å². The van der Waals surface area contributed by atoms with Crippen molar-refractivity contribution in [3.63, 3.8) is 0 Å². The van der Waals surface area contributed by atoms with Gasteiger partial charge in [-0.25, -0.2) is 14.4 Å². The number of rotatable bonds is 8. The van der Waals surface area contributed by atoms with E-state index in [1.165, 1.54) is 0 Å². The lowest BCUT2D eigenvalue weighted by molar-refractivity contribution is 0.0633. The molecule has 2 aromatic heterocycles. The van der Waals surface area contributed by atoms with Crippen LogP contribution >= 0.6 is 0 Å². The molecule has 0 bridgehead atoms. The molecule has 2 aromatic rings. The predicted octanol–water partition coefficient (Wildman–Crippen LogP) is -0.739. The third-order valence-corrected chi connectivity index (χ3v) is 3.72. The van der Waals surface area contributed by atoms with Gasteiger partial charge < -0.3 is 34.8 Å². The highest BCUT2D eigenvalue weighted by Gasteiger charge is 2.29. The minimum Gasteiger partial charge on any atom is -0.478 e. The van der Waals surface area contributed by atoms with E-state index in [9.17, 15) is 34.5 Å². The molecule has 0 fully saturated rings.